The van der Waals surface area contributed by atoms with Gasteiger partial charge in [-0.05, 0) is 12.8 Å². The van der Waals surface area contributed by atoms with E-state index in [2.05, 4.69) is 24.5 Å². The predicted molar refractivity (Wildman–Crippen MR) is 218 cm³/mol. The fraction of sp³-hybridized carbons (Fsp3) is 0.932. The second-order valence-electron chi connectivity index (χ2n) is 15.1. The SMILES string of the molecule is CCCCCCCCCCCCCCCCCC(=O)NC[C@H](NC(=O)CCCCCCCCCCCCCCCCC)C(=O)OCCOCCOC. The Balaban J connectivity index is 4.13. The van der Waals surface area contributed by atoms with Crippen molar-refractivity contribution in [1.29, 1.82) is 0 Å². The average molecular weight is 739 g/mol. The number of ether oxygens (including phenoxy) is 3. The summed E-state index contributed by atoms with van der Waals surface area (Å²) in [7, 11) is 1.60. The molecule has 0 fully saturated rings. The van der Waals surface area contributed by atoms with Crippen molar-refractivity contribution in [2.24, 2.45) is 0 Å². The van der Waals surface area contributed by atoms with E-state index in [1.807, 2.05) is 0 Å². The van der Waals surface area contributed by atoms with Gasteiger partial charge in [0.25, 0.3) is 0 Å². The van der Waals surface area contributed by atoms with Gasteiger partial charge in [-0.1, -0.05) is 194 Å². The van der Waals surface area contributed by atoms with Crippen LogP contribution >= 0.6 is 0 Å². The Morgan fingerprint density at radius 3 is 1.17 bits per heavy atom. The van der Waals surface area contributed by atoms with Crippen LogP contribution in [0, 0.1) is 0 Å². The number of rotatable bonds is 42. The molecule has 0 heterocycles. The highest BCUT2D eigenvalue weighted by Crippen LogP contribution is 2.15. The molecule has 0 saturated heterocycles. The molecule has 0 saturated carbocycles. The predicted octanol–water partition coefficient (Wildman–Crippen LogP) is 11.3. The molecule has 2 N–H and O–H groups in total. The van der Waals surface area contributed by atoms with Gasteiger partial charge in [-0.2, -0.15) is 0 Å². The van der Waals surface area contributed by atoms with Crippen LogP contribution in [0.5, 0.6) is 0 Å². The summed E-state index contributed by atoms with van der Waals surface area (Å²) in [6, 6.07) is -0.909. The molecule has 0 aliphatic carbocycles. The number of amides is 2. The highest BCUT2D eigenvalue weighted by molar-refractivity contribution is 5.85. The molecule has 0 spiro atoms. The first-order chi connectivity index (χ1) is 25.5. The third-order valence-corrected chi connectivity index (χ3v) is 10.0. The summed E-state index contributed by atoms with van der Waals surface area (Å²) < 4.78 is 15.7. The monoisotopic (exact) mass is 739 g/mol. The number of nitrogens with one attached hydrogen (secondary N) is 2. The Labute approximate surface area is 321 Å². The van der Waals surface area contributed by atoms with Gasteiger partial charge >= 0.3 is 5.97 Å². The molecule has 8 heteroatoms. The first-order valence-corrected chi connectivity index (χ1v) is 22.3. The standard InChI is InChI=1S/C44H86N2O6/c1-4-6-8-10-12-14-16-18-20-22-24-26-28-30-32-34-42(47)45-40-41(44(49)52-39-38-51-37-36-50-3)46-43(48)35-33-31-29-27-25-23-21-19-17-15-13-11-9-7-5-2/h41H,4-40H2,1-3H3,(H,45,47)(H,46,48)/t41-/m0/s1. The van der Waals surface area contributed by atoms with Crippen LogP contribution in [0.4, 0.5) is 0 Å². The Bertz CT molecular complexity index is 780. The van der Waals surface area contributed by atoms with Crippen molar-refractivity contribution in [3.05, 3.63) is 0 Å². The molecule has 308 valence electrons. The van der Waals surface area contributed by atoms with Crippen LogP contribution in [0.1, 0.15) is 219 Å². The Kier molecular flexibility index (Phi) is 40.7. The van der Waals surface area contributed by atoms with Crippen molar-refractivity contribution in [3.8, 4) is 0 Å². The minimum absolute atomic E-state index is 0.0333. The number of esters is 1. The van der Waals surface area contributed by atoms with Gasteiger partial charge in [0.05, 0.1) is 19.8 Å². The topological polar surface area (TPSA) is 103 Å². The molecule has 0 radical (unpaired) electrons. The molecule has 0 aromatic rings. The molecule has 0 rings (SSSR count). The average Bonchev–Trinajstić information content (AvgIpc) is 3.14. The third-order valence-electron chi connectivity index (χ3n) is 10.0. The van der Waals surface area contributed by atoms with Gasteiger partial charge < -0.3 is 24.8 Å². The number of carbonyl (C=O) groups excluding carboxylic acids is 3. The summed E-state index contributed by atoms with van der Waals surface area (Å²) in [4.78, 5) is 38.1. The van der Waals surface area contributed by atoms with Crippen LogP contribution in [-0.4, -0.2) is 63.9 Å². The summed E-state index contributed by atoms with van der Waals surface area (Å²) in [5.74, 6) is -0.816. The summed E-state index contributed by atoms with van der Waals surface area (Å²) in [6.07, 6.45) is 39.1. The second kappa shape index (κ2) is 42.1. The van der Waals surface area contributed by atoms with Crippen LogP contribution < -0.4 is 10.6 Å². The fourth-order valence-electron chi connectivity index (χ4n) is 6.62. The first kappa shape index (κ1) is 50.3. The van der Waals surface area contributed by atoms with Gasteiger partial charge in [0, 0.05) is 26.5 Å². The van der Waals surface area contributed by atoms with Gasteiger partial charge in [-0.15, -0.1) is 0 Å². The van der Waals surface area contributed by atoms with Crippen molar-refractivity contribution in [3.63, 3.8) is 0 Å². The summed E-state index contributed by atoms with van der Waals surface area (Å²) in [5, 5.41) is 5.67. The molecular formula is C44H86N2O6. The van der Waals surface area contributed by atoms with Gasteiger partial charge in [0.2, 0.25) is 11.8 Å². The zero-order valence-electron chi connectivity index (χ0n) is 34.7. The van der Waals surface area contributed by atoms with Crippen LogP contribution in [0.3, 0.4) is 0 Å². The van der Waals surface area contributed by atoms with Crippen LogP contribution in [0.2, 0.25) is 0 Å². The maximum absolute atomic E-state index is 12.8. The molecule has 0 unspecified atom stereocenters. The fourth-order valence-corrected chi connectivity index (χ4v) is 6.62. The van der Waals surface area contributed by atoms with E-state index < -0.39 is 12.0 Å². The van der Waals surface area contributed by atoms with Crippen molar-refractivity contribution < 1.29 is 28.6 Å². The van der Waals surface area contributed by atoms with Crippen LogP contribution in [0.15, 0.2) is 0 Å². The Hall–Kier alpha value is -1.67. The lowest BCUT2D eigenvalue weighted by molar-refractivity contribution is -0.149. The summed E-state index contributed by atoms with van der Waals surface area (Å²) in [6.45, 7) is 5.79. The number of hydrogen-bond donors (Lipinski definition) is 2. The first-order valence-electron chi connectivity index (χ1n) is 22.3. The third kappa shape index (κ3) is 38.1. The second-order valence-corrected chi connectivity index (χ2v) is 15.1. The molecule has 52 heavy (non-hydrogen) atoms. The number of hydrogen-bond acceptors (Lipinski definition) is 6. The maximum Gasteiger partial charge on any atom is 0.330 e. The lowest BCUT2D eigenvalue weighted by Gasteiger charge is -2.18. The summed E-state index contributed by atoms with van der Waals surface area (Å²) >= 11 is 0. The largest absolute Gasteiger partial charge is 0.462 e. The van der Waals surface area contributed by atoms with Gasteiger partial charge in [-0.3, -0.25) is 9.59 Å². The Morgan fingerprint density at radius 1 is 0.442 bits per heavy atom. The zero-order valence-corrected chi connectivity index (χ0v) is 34.7. The maximum atomic E-state index is 12.8. The highest BCUT2D eigenvalue weighted by atomic mass is 16.6. The molecule has 0 aromatic heterocycles. The van der Waals surface area contributed by atoms with E-state index in [0.29, 0.717) is 26.1 Å². The van der Waals surface area contributed by atoms with Gasteiger partial charge in [0.15, 0.2) is 0 Å². The number of methoxy groups -OCH3 is 1. The zero-order chi connectivity index (χ0) is 38.0. The molecule has 8 nitrogen and oxygen atoms in total. The quantitative estimate of drug-likeness (QED) is 0.0477. The van der Waals surface area contributed by atoms with Gasteiger partial charge in [-0.25, -0.2) is 4.79 Å². The smallest absolute Gasteiger partial charge is 0.330 e. The van der Waals surface area contributed by atoms with E-state index in [-0.39, 0.29) is 31.6 Å². The van der Waals surface area contributed by atoms with E-state index in [9.17, 15) is 14.4 Å². The minimum atomic E-state index is -0.909. The van der Waals surface area contributed by atoms with E-state index in [1.54, 1.807) is 7.11 Å². The molecular weight excluding hydrogens is 652 g/mol. The van der Waals surface area contributed by atoms with E-state index in [0.717, 1.165) is 38.5 Å². The van der Waals surface area contributed by atoms with Crippen molar-refractivity contribution >= 4 is 17.8 Å². The normalized spacial score (nSPS) is 11.8. The van der Waals surface area contributed by atoms with Crippen molar-refractivity contribution in [2.75, 3.05) is 40.1 Å². The minimum Gasteiger partial charge on any atom is -0.462 e. The molecule has 0 aliphatic rings. The number of unbranched alkanes of at least 4 members (excludes halogenated alkanes) is 28. The lowest BCUT2D eigenvalue weighted by Crippen LogP contribution is -2.49. The van der Waals surface area contributed by atoms with Gasteiger partial charge in [0.1, 0.15) is 12.6 Å². The summed E-state index contributed by atoms with van der Waals surface area (Å²) in [5.41, 5.74) is 0. The molecule has 1 atom stereocenters. The Morgan fingerprint density at radius 2 is 0.788 bits per heavy atom. The van der Waals surface area contributed by atoms with E-state index in [1.165, 1.54) is 154 Å². The van der Waals surface area contributed by atoms with Crippen LogP contribution in [0.25, 0.3) is 0 Å². The van der Waals surface area contributed by atoms with E-state index in [4.69, 9.17) is 14.2 Å². The molecule has 0 aromatic carbocycles. The molecule has 2 amide bonds. The van der Waals surface area contributed by atoms with Crippen molar-refractivity contribution in [2.45, 2.75) is 225 Å². The van der Waals surface area contributed by atoms with E-state index >= 15 is 0 Å². The highest BCUT2D eigenvalue weighted by Gasteiger charge is 2.23. The van der Waals surface area contributed by atoms with Crippen molar-refractivity contribution in [1.82, 2.24) is 10.6 Å². The van der Waals surface area contributed by atoms with Crippen LogP contribution in [-0.2, 0) is 28.6 Å². The number of carbonyl (C=O) groups is 3. The molecule has 0 bridgehead atoms. The lowest BCUT2D eigenvalue weighted by atomic mass is 10.0. The molecule has 0 aliphatic heterocycles.